The van der Waals surface area contributed by atoms with Gasteiger partial charge in [-0.25, -0.2) is 0 Å². The maximum atomic E-state index is 13.1. The van der Waals surface area contributed by atoms with Gasteiger partial charge in [0.25, 0.3) is 10.1 Å². The summed E-state index contributed by atoms with van der Waals surface area (Å²) in [7, 11) is -4.06. The Morgan fingerprint density at radius 1 is 1.04 bits per heavy atom. The first-order valence-corrected chi connectivity index (χ1v) is 10.9. The molecule has 1 saturated heterocycles. The lowest BCUT2D eigenvalue weighted by molar-refractivity contribution is 0.00117. The quantitative estimate of drug-likeness (QED) is 0.684. The van der Waals surface area contributed by atoms with Crippen molar-refractivity contribution in [2.45, 2.75) is 82.5 Å². The molecule has 3 atom stereocenters. The van der Waals surface area contributed by atoms with E-state index in [1.54, 1.807) is 0 Å². The van der Waals surface area contributed by atoms with Crippen molar-refractivity contribution in [3.63, 3.8) is 0 Å². The van der Waals surface area contributed by atoms with Crippen molar-refractivity contribution in [2.24, 2.45) is 0 Å². The molecule has 0 radical (unpaired) electrons. The Balaban J connectivity index is 2.44. The summed E-state index contributed by atoms with van der Waals surface area (Å²) >= 11 is 0. The van der Waals surface area contributed by atoms with E-state index in [2.05, 4.69) is 13.8 Å². The van der Waals surface area contributed by atoms with Gasteiger partial charge in [-0.2, -0.15) is 8.42 Å². The van der Waals surface area contributed by atoms with Crippen LogP contribution < -0.4 is 0 Å². The molecule has 0 aliphatic carbocycles. The molecule has 1 aromatic carbocycles. The lowest BCUT2D eigenvalue weighted by Gasteiger charge is -2.23. The van der Waals surface area contributed by atoms with Crippen molar-refractivity contribution in [1.29, 1.82) is 0 Å². The number of ether oxygens (including phenoxy) is 1. The minimum absolute atomic E-state index is 0.00437. The molecule has 1 aromatic rings. The van der Waals surface area contributed by atoms with E-state index < -0.39 is 28.4 Å². The Labute approximate surface area is 162 Å². The van der Waals surface area contributed by atoms with Crippen LogP contribution in [0.3, 0.4) is 0 Å². The van der Waals surface area contributed by atoms with Crippen LogP contribution in [0.4, 0.5) is 0 Å². The Bertz CT molecular complexity index is 725. The third-order valence-corrected chi connectivity index (χ3v) is 6.39. The normalized spacial score (nSPS) is 23.7. The predicted molar refractivity (Wildman–Crippen MR) is 104 cm³/mol. The largest absolute Gasteiger partial charge is 0.388 e. The van der Waals surface area contributed by atoms with Crippen LogP contribution in [0.25, 0.3) is 0 Å². The van der Waals surface area contributed by atoms with E-state index in [1.165, 1.54) is 0 Å². The topological polar surface area (TPSA) is 93.1 Å². The third kappa shape index (κ3) is 4.90. The van der Waals surface area contributed by atoms with Crippen molar-refractivity contribution in [2.75, 3.05) is 13.2 Å². The highest BCUT2D eigenvalue weighted by atomic mass is 32.2. The van der Waals surface area contributed by atoms with E-state index in [4.69, 9.17) is 8.92 Å². The Kier molecular flexibility index (Phi) is 7.08. The average Bonchev–Trinajstić information content (AvgIpc) is 2.90. The second kappa shape index (κ2) is 8.57. The van der Waals surface area contributed by atoms with Crippen molar-refractivity contribution in [3.8, 4) is 0 Å². The Hall–Kier alpha value is -0.990. The first kappa shape index (κ1) is 22.3. The van der Waals surface area contributed by atoms with E-state index >= 15 is 0 Å². The van der Waals surface area contributed by atoms with E-state index in [0.717, 1.165) is 16.7 Å². The van der Waals surface area contributed by atoms with Gasteiger partial charge in [0.2, 0.25) is 0 Å². The zero-order chi connectivity index (χ0) is 20.5. The first-order valence-electron chi connectivity index (χ1n) is 9.50. The lowest BCUT2D eigenvalue weighted by atomic mass is 9.89. The fourth-order valence-corrected chi connectivity index (χ4v) is 4.81. The van der Waals surface area contributed by atoms with Crippen LogP contribution in [0.5, 0.6) is 0 Å². The van der Waals surface area contributed by atoms with E-state index in [0.29, 0.717) is 0 Å². The number of benzene rings is 1. The fourth-order valence-electron chi connectivity index (χ4n) is 3.21. The minimum atomic E-state index is -4.06. The highest BCUT2D eigenvalue weighted by Crippen LogP contribution is 2.36. The van der Waals surface area contributed by atoms with Gasteiger partial charge in [0.15, 0.2) is 0 Å². The van der Waals surface area contributed by atoms with Crippen LogP contribution in [0, 0.1) is 0 Å². The van der Waals surface area contributed by atoms with Crippen molar-refractivity contribution in [3.05, 3.63) is 28.8 Å². The van der Waals surface area contributed by atoms with E-state index in [1.807, 2.05) is 39.8 Å². The standard InChI is InChI=1S/C20H32O6S/c1-11(2)14-7-15(12(3)4)20(16(8-14)13(5)6)27(23,24)26-10-18-19(22)17(21)9-25-18/h7-8,11-13,17-19,21-22H,9-10H2,1-6H3/t17-,18-,19+/m0/s1. The summed E-state index contributed by atoms with van der Waals surface area (Å²) < 4.78 is 36.7. The van der Waals surface area contributed by atoms with Gasteiger partial charge in [0, 0.05) is 0 Å². The Morgan fingerprint density at radius 2 is 1.56 bits per heavy atom. The zero-order valence-corrected chi connectivity index (χ0v) is 17.8. The van der Waals surface area contributed by atoms with Crippen LogP contribution in [-0.4, -0.2) is 50.2 Å². The van der Waals surface area contributed by atoms with E-state index in [-0.39, 0.29) is 35.9 Å². The SMILES string of the molecule is CC(C)c1cc(C(C)C)c(S(=O)(=O)OC[C@@H]2OC[C@H](O)[C@H]2O)c(C(C)C)c1. The zero-order valence-electron chi connectivity index (χ0n) is 17.0. The molecule has 6 nitrogen and oxygen atoms in total. The molecule has 1 heterocycles. The van der Waals surface area contributed by atoms with Crippen LogP contribution in [0.1, 0.15) is 76.0 Å². The summed E-state index contributed by atoms with van der Waals surface area (Å²) in [5, 5.41) is 19.4. The number of hydrogen-bond acceptors (Lipinski definition) is 6. The van der Waals surface area contributed by atoms with Gasteiger partial charge in [-0.15, -0.1) is 0 Å². The monoisotopic (exact) mass is 400 g/mol. The summed E-state index contributed by atoms with van der Waals surface area (Å²) in [6, 6.07) is 3.89. The predicted octanol–water partition coefficient (Wildman–Crippen LogP) is 2.88. The summed E-state index contributed by atoms with van der Waals surface area (Å²) in [6.07, 6.45) is -3.04. The van der Waals surface area contributed by atoms with Crippen LogP contribution in [0.2, 0.25) is 0 Å². The Morgan fingerprint density at radius 3 is 1.93 bits per heavy atom. The molecule has 0 unspecified atom stereocenters. The second-order valence-electron chi connectivity index (χ2n) is 8.16. The average molecular weight is 401 g/mol. The minimum Gasteiger partial charge on any atom is -0.388 e. The number of aliphatic hydroxyl groups excluding tert-OH is 2. The molecule has 0 saturated carbocycles. The molecule has 27 heavy (non-hydrogen) atoms. The molecule has 0 aromatic heterocycles. The highest BCUT2D eigenvalue weighted by Gasteiger charge is 2.37. The van der Waals surface area contributed by atoms with Gasteiger partial charge in [0.1, 0.15) is 23.2 Å². The first-order chi connectivity index (χ1) is 12.5. The molecule has 1 aliphatic heterocycles. The summed E-state index contributed by atoms with van der Waals surface area (Å²) in [5.41, 5.74) is 2.56. The van der Waals surface area contributed by atoms with Crippen LogP contribution >= 0.6 is 0 Å². The third-order valence-electron chi connectivity index (χ3n) is 4.97. The van der Waals surface area contributed by atoms with Gasteiger partial charge < -0.3 is 14.9 Å². The molecular formula is C20H32O6S. The molecule has 0 spiro atoms. The van der Waals surface area contributed by atoms with Crippen LogP contribution in [0.15, 0.2) is 17.0 Å². The maximum Gasteiger partial charge on any atom is 0.297 e. The molecule has 0 amide bonds. The van der Waals surface area contributed by atoms with Gasteiger partial charge >= 0.3 is 0 Å². The molecule has 2 N–H and O–H groups in total. The molecule has 7 heteroatoms. The molecule has 2 rings (SSSR count). The summed E-state index contributed by atoms with van der Waals surface area (Å²) in [6.45, 7) is 11.6. The highest BCUT2D eigenvalue weighted by molar-refractivity contribution is 7.86. The van der Waals surface area contributed by atoms with Gasteiger partial charge in [0.05, 0.1) is 13.2 Å². The lowest BCUT2D eigenvalue weighted by Crippen LogP contribution is -2.34. The fraction of sp³-hybridized carbons (Fsp3) is 0.700. The van der Waals surface area contributed by atoms with Crippen LogP contribution in [-0.2, 0) is 19.0 Å². The van der Waals surface area contributed by atoms with E-state index in [9.17, 15) is 18.6 Å². The van der Waals surface area contributed by atoms with Crippen molar-refractivity contribution >= 4 is 10.1 Å². The number of rotatable bonds is 7. The smallest absolute Gasteiger partial charge is 0.297 e. The summed E-state index contributed by atoms with van der Waals surface area (Å²) in [4.78, 5) is 0.213. The second-order valence-corrected chi connectivity index (χ2v) is 9.71. The number of hydrogen-bond donors (Lipinski definition) is 2. The number of aliphatic hydroxyl groups is 2. The van der Waals surface area contributed by atoms with Crippen molar-refractivity contribution in [1.82, 2.24) is 0 Å². The van der Waals surface area contributed by atoms with Gasteiger partial charge in [-0.05, 0) is 34.4 Å². The van der Waals surface area contributed by atoms with Gasteiger partial charge in [-0.3, -0.25) is 4.18 Å². The molecule has 154 valence electrons. The molecule has 1 aliphatic rings. The van der Waals surface area contributed by atoms with Crippen molar-refractivity contribution < 1.29 is 27.6 Å². The summed E-state index contributed by atoms with van der Waals surface area (Å²) in [5.74, 6) is 0.288. The molecule has 0 bridgehead atoms. The molecular weight excluding hydrogens is 368 g/mol. The van der Waals surface area contributed by atoms with Gasteiger partial charge in [-0.1, -0.05) is 53.7 Å². The maximum absolute atomic E-state index is 13.1. The molecule has 1 fully saturated rings.